The van der Waals surface area contributed by atoms with Gasteiger partial charge in [0.1, 0.15) is 5.82 Å². The quantitative estimate of drug-likeness (QED) is 0.458. The predicted molar refractivity (Wildman–Crippen MR) is 113 cm³/mol. The largest absolute Gasteiger partial charge is 0.364 e. The number of hydrogen-bond acceptors (Lipinski definition) is 2. The minimum Gasteiger partial charge on any atom is -0.364 e. The highest BCUT2D eigenvalue weighted by molar-refractivity contribution is 5.79. The summed E-state index contributed by atoms with van der Waals surface area (Å²) in [7, 11) is 1.78. The van der Waals surface area contributed by atoms with Gasteiger partial charge in [0.05, 0.1) is 0 Å². The maximum absolute atomic E-state index is 13.6. The molecule has 1 aliphatic carbocycles. The van der Waals surface area contributed by atoms with Gasteiger partial charge in [0.2, 0.25) is 0 Å². The lowest BCUT2D eigenvalue weighted by Crippen LogP contribution is -2.40. The summed E-state index contributed by atoms with van der Waals surface area (Å²) in [6.45, 7) is 3.42. The van der Waals surface area contributed by atoms with Gasteiger partial charge in [-0.05, 0) is 48.2 Å². The topological polar surface area (TPSA) is 39.7 Å². The Morgan fingerprint density at radius 2 is 1.86 bits per heavy atom. The van der Waals surface area contributed by atoms with Gasteiger partial charge in [-0.15, -0.1) is 0 Å². The van der Waals surface area contributed by atoms with Crippen molar-refractivity contribution in [1.29, 1.82) is 0 Å². The van der Waals surface area contributed by atoms with Crippen molar-refractivity contribution in [1.82, 2.24) is 10.6 Å². The van der Waals surface area contributed by atoms with Crippen LogP contribution in [0.5, 0.6) is 0 Å². The summed E-state index contributed by atoms with van der Waals surface area (Å²) in [5, 5.41) is 6.82. The van der Waals surface area contributed by atoms with Crippen LogP contribution in [0.25, 0.3) is 0 Å². The van der Waals surface area contributed by atoms with Crippen molar-refractivity contribution in [2.24, 2.45) is 4.99 Å². The van der Waals surface area contributed by atoms with Crippen molar-refractivity contribution in [3.05, 3.63) is 77.6 Å². The Hall–Kier alpha value is -2.82. The average molecular weight is 378 g/mol. The number of aliphatic imine (C=N–C) groups is 1. The van der Waals surface area contributed by atoms with E-state index in [4.69, 9.17) is 0 Å². The number of anilines is 1. The zero-order valence-electron chi connectivity index (χ0n) is 16.3. The molecule has 2 N–H and O–H groups in total. The minimum absolute atomic E-state index is 0.0301. The summed E-state index contributed by atoms with van der Waals surface area (Å²) in [5.74, 6) is 0.607. The van der Waals surface area contributed by atoms with Crippen molar-refractivity contribution in [2.75, 3.05) is 31.6 Å². The van der Waals surface area contributed by atoms with E-state index < -0.39 is 0 Å². The molecular formula is C23H27FN4. The summed E-state index contributed by atoms with van der Waals surface area (Å²) in [5.41, 5.74) is 3.57. The fourth-order valence-corrected chi connectivity index (χ4v) is 3.75. The molecule has 0 saturated heterocycles. The molecule has 1 saturated carbocycles. The number of hydrogen-bond donors (Lipinski definition) is 2. The van der Waals surface area contributed by atoms with Crippen molar-refractivity contribution in [3.8, 4) is 0 Å². The van der Waals surface area contributed by atoms with E-state index in [2.05, 4.69) is 56.9 Å². The summed E-state index contributed by atoms with van der Waals surface area (Å²) in [4.78, 5) is 6.68. The molecule has 1 heterocycles. The van der Waals surface area contributed by atoms with Crippen LogP contribution in [0.15, 0.2) is 65.7 Å². The van der Waals surface area contributed by atoms with Crippen LogP contribution < -0.4 is 15.5 Å². The van der Waals surface area contributed by atoms with E-state index >= 15 is 0 Å². The fourth-order valence-electron chi connectivity index (χ4n) is 3.75. The third-order valence-corrected chi connectivity index (χ3v) is 5.66. The second-order valence-corrected chi connectivity index (χ2v) is 7.62. The minimum atomic E-state index is -0.167. The highest BCUT2D eigenvalue weighted by Crippen LogP contribution is 2.47. The third kappa shape index (κ3) is 4.19. The van der Waals surface area contributed by atoms with Gasteiger partial charge < -0.3 is 15.5 Å². The molecule has 0 bridgehead atoms. The molecule has 0 spiro atoms. The lowest BCUT2D eigenvalue weighted by molar-refractivity contribution is 0.607. The van der Waals surface area contributed by atoms with Crippen molar-refractivity contribution >= 4 is 11.6 Å². The second kappa shape index (κ2) is 8.05. The zero-order valence-corrected chi connectivity index (χ0v) is 16.3. The Balaban J connectivity index is 1.33. The monoisotopic (exact) mass is 378 g/mol. The van der Waals surface area contributed by atoms with Crippen LogP contribution >= 0.6 is 0 Å². The smallest absolute Gasteiger partial charge is 0.191 e. The number of guanidine groups is 1. The molecular weight excluding hydrogens is 351 g/mol. The first-order valence-electron chi connectivity index (χ1n) is 9.88. The molecule has 2 aromatic carbocycles. The summed E-state index contributed by atoms with van der Waals surface area (Å²) in [6.07, 6.45) is 6.55. The molecule has 4 rings (SSSR count). The van der Waals surface area contributed by atoms with Crippen LogP contribution in [0.2, 0.25) is 0 Å². The van der Waals surface area contributed by atoms with Gasteiger partial charge in [-0.2, -0.15) is 0 Å². The normalized spacial score (nSPS) is 17.6. The lowest BCUT2D eigenvalue weighted by Gasteiger charge is -2.20. The van der Waals surface area contributed by atoms with E-state index in [0.717, 1.165) is 44.0 Å². The summed E-state index contributed by atoms with van der Waals surface area (Å²) < 4.78 is 13.6. The first kappa shape index (κ1) is 18.5. The molecule has 28 heavy (non-hydrogen) atoms. The van der Waals surface area contributed by atoms with Gasteiger partial charge in [-0.25, -0.2) is 4.39 Å². The first-order valence-corrected chi connectivity index (χ1v) is 9.88. The molecule has 5 heteroatoms. The van der Waals surface area contributed by atoms with E-state index in [9.17, 15) is 4.39 Å². The molecule has 0 aromatic heterocycles. The van der Waals surface area contributed by atoms with Crippen LogP contribution in [-0.2, 0) is 12.0 Å². The van der Waals surface area contributed by atoms with Crippen LogP contribution in [-0.4, -0.2) is 32.6 Å². The third-order valence-electron chi connectivity index (χ3n) is 5.66. The highest BCUT2D eigenvalue weighted by Gasteiger charge is 2.44. The maximum Gasteiger partial charge on any atom is 0.191 e. The van der Waals surface area contributed by atoms with Crippen LogP contribution in [0.4, 0.5) is 10.1 Å². The number of nitrogens with zero attached hydrogens (tertiary/aromatic N) is 2. The molecule has 0 amide bonds. The van der Waals surface area contributed by atoms with Crippen molar-refractivity contribution < 1.29 is 4.39 Å². The van der Waals surface area contributed by atoms with E-state index in [1.54, 1.807) is 19.2 Å². The van der Waals surface area contributed by atoms with E-state index in [1.165, 1.54) is 17.3 Å². The van der Waals surface area contributed by atoms with Gasteiger partial charge in [0.25, 0.3) is 0 Å². The van der Waals surface area contributed by atoms with Crippen LogP contribution in [0.3, 0.4) is 0 Å². The zero-order chi connectivity index (χ0) is 19.4. The van der Waals surface area contributed by atoms with Gasteiger partial charge in [0.15, 0.2) is 5.96 Å². The Labute approximate surface area is 166 Å². The number of benzene rings is 2. The first-order chi connectivity index (χ1) is 13.7. The molecule has 0 unspecified atom stereocenters. The van der Waals surface area contributed by atoms with E-state index in [-0.39, 0.29) is 11.2 Å². The number of halogens is 1. The molecule has 146 valence electrons. The maximum atomic E-state index is 13.6. The van der Waals surface area contributed by atoms with Crippen LogP contribution in [0.1, 0.15) is 24.0 Å². The van der Waals surface area contributed by atoms with Crippen molar-refractivity contribution in [2.45, 2.75) is 24.8 Å². The van der Waals surface area contributed by atoms with Crippen molar-refractivity contribution in [3.63, 3.8) is 0 Å². The molecule has 0 atom stereocenters. The Morgan fingerprint density at radius 3 is 2.57 bits per heavy atom. The van der Waals surface area contributed by atoms with E-state index in [1.807, 2.05) is 6.07 Å². The second-order valence-electron chi connectivity index (χ2n) is 7.62. The molecule has 2 aliphatic rings. The summed E-state index contributed by atoms with van der Waals surface area (Å²) in [6, 6.07) is 15.6. The molecule has 4 nitrogen and oxygen atoms in total. The van der Waals surface area contributed by atoms with Crippen LogP contribution in [0, 0.1) is 5.82 Å². The predicted octanol–water partition coefficient (Wildman–Crippen LogP) is 3.60. The number of nitrogens with one attached hydrogen (secondary N) is 2. The standard InChI is InChI=1S/C23H27FN4/c1-25-22(27-17-23(10-11-23)19-7-5-8-20(24)15-19)26-16-18-6-4-9-21(14-18)28-12-2-3-13-28/h2-9,14-15H,10-13,16-17H2,1H3,(H2,25,26,27). The Morgan fingerprint density at radius 1 is 1.07 bits per heavy atom. The SMILES string of the molecule is CN=C(NCc1cccc(N2CC=CC2)c1)NCC1(c2cccc(F)c2)CC1. The molecule has 1 fully saturated rings. The summed E-state index contributed by atoms with van der Waals surface area (Å²) >= 11 is 0. The molecule has 2 aromatic rings. The fraction of sp³-hybridized carbons (Fsp3) is 0.348. The average Bonchev–Trinajstić information content (AvgIpc) is 3.31. The Kier molecular flexibility index (Phi) is 5.33. The Bertz CT molecular complexity index is 878. The van der Waals surface area contributed by atoms with E-state index in [0.29, 0.717) is 6.54 Å². The lowest BCUT2D eigenvalue weighted by atomic mass is 9.96. The van der Waals surface area contributed by atoms with Gasteiger partial charge in [-0.1, -0.05) is 36.4 Å². The molecule has 1 aliphatic heterocycles. The van der Waals surface area contributed by atoms with Gasteiger partial charge in [0, 0.05) is 44.3 Å². The highest BCUT2D eigenvalue weighted by atomic mass is 19.1. The van der Waals surface area contributed by atoms with Gasteiger partial charge >= 0.3 is 0 Å². The van der Waals surface area contributed by atoms with Gasteiger partial charge in [-0.3, -0.25) is 4.99 Å². The molecule has 0 radical (unpaired) electrons. The number of rotatable bonds is 6.